The van der Waals surface area contributed by atoms with Crippen molar-refractivity contribution >= 4 is 11.1 Å². The van der Waals surface area contributed by atoms with Gasteiger partial charge in [-0.05, 0) is 30.3 Å². The predicted octanol–water partition coefficient (Wildman–Crippen LogP) is 3.19. The first-order valence-electron chi connectivity index (χ1n) is 7.04. The Morgan fingerprint density at radius 3 is 2.57 bits per heavy atom. The zero-order valence-corrected chi connectivity index (χ0v) is 12.1. The lowest BCUT2D eigenvalue weighted by molar-refractivity contribution is 0.506. The molecule has 0 spiro atoms. The lowest BCUT2D eigenvalue weighted by Gasteiger charge is -2.24. The first-order chi connectivity index (χ1) is 10.2. The Labute approximate surface area is 122 Å². The number of likely N-dealkylation sites (N-methyl/N-ethyl adjacent to an activating group) is 1. The Morgan fingerprint density at radius 1 is 1.10 bits per heavy atom. The van der Waals surface area contributed by atoms with Crippen LogP contribution in [0.4, 0.5) is 0 Å². The summed E-state index contributed by atoms with van der Waals surface area (Å²) in [6.07, 6.45) is 0. The van der Waals surface area contributed by atoms with Gasteiger partial charge in [0.2, 0.25) is 0 Å². The zero-order valence-electron chi connectivity index (χ0n) is 12.1. The molecular weight excluding hydrogens is 264 g/mol. The maximum Gasteiger partial charge on any atom is 0.417 e. The number of oxazole rings is 1. The van der Waals surface area contributed by atoms with Gasteiger partial charge in [0.1, 0.15) is 0 Å². The molecule has 2 N–H and O–H groups in total. The highest BCUT2D eigenvalue weighted by atomic mass is 16.4. The number of hydrogen-bond donors (Lipinski definition) is 2. The van der Waals surface area contributed by atoms with Crippen LogP contribution in [0.25, 0.3) is 11.1 Å². The van der Waals surface area contributed by atoms with Crippen LogP contribution in [-0.2, 0) is 0 Å². The van der Waals surface area contributed by atoms with Gasteiger partial charge >= 0.3 is 5.76 Å². The molecule has 0 saturated heterocycles. The lowest BCUT2D eigenvalue weighted by atomic mass is 9.88. The average molecular weight is 282 g/mol. The smallest absolute Gasteiger partial charge is 0.408 e. The van der Waals surface area contributed by atoms with Gasteiger partial charge in [0.05, 0.1) is 5.52 Å². The van der Waals surface area contributed by atoms with Crippen molar-refractivity contribution in [2.45, 2.75) is 18.9 Å². The van der Waals surface area contributed by atoms with Crippen molar-refractivity contribution in [3.8, 4) is 0 Å². The third-order valence-electron chi connectivity index (χ3n) is 3.94. The highest BCUT2D eigenvalue weighted by molar-refractivity contribution is 5.73. The van der Waals surface area contributed by atoms with Crippen LogP contribution in [-0.4, -0.2) is 12.0 Å². The van der Waals surface area contributed by atoms with Gasteiger partial charge in [-0.15, -0.1) is 0 Å². The summed E-state index contributed by atoms with van der Waals surface area (Å²) < 4.78 is 5.15. The normalized spacial score (nSPS) is 14.2. The summed E-state index contributed by atoms with van der Waals surface area (Å²) in [5.74, 6) is -0.112. The van der Waals surface area contributed by atoms with Crippen LogP contribution in [0.3, 0.4) is 0 Å². The van der Waals surface area contributed by atoms with E-state index in [0.717, 1.165) is 11.1 Å². The van der Waals surface area contributed by atoms with Crippen LogP contribution in [0.5, 0.6) is 0 Å². The van der Waals surface area contributed by atoms with Crippen molar-refractivity contribution in [3.63, 3.8) is 0 Å². The summed E-state index contributed by atoms with van der Waals surface area (Å²) in [5.41, 5.74) is 3.69. The SMILES string of the molecule is CNC(c1ccc2[nH]c(=O)oc2c1)C(C)c1ccccc1. The molecule has 0 amide bonds. The molecule has 4 heteroatoms. The first-order valence-corrected chi connectivity index (χ1v) is 7.04. The molecule has 0 bridgehead atoms. The van der Waals surface area contributed by atoms with E-state index in [-0.39, 0.29) is 6.04 Å². The van der Waals surface area contributed by atoms with E-state index in [1.165, 1.54) is 5.56 Å². The number of fused-ring (bicyclic) bond motifs is 1. The maximum absolute atomic E-state index is 11.3. The molecule has 0 radical (unpaired) electrons. The molecule has 2 aromatic carbocycles. The third kappa shape index (κ3) is 2.62. The number of hydrogen-bond acceptors (Lipinski definition) is 3. The molecule has 1 heterocycles. The largest absolute Gasteiger partial charge is 0.417 e. The standard InChI is InChI=1S/C17H18N2O2/c1-11(12-6-4-3-5-7-12)16(18-2)13-8-9-14-15(10-13)21-17(20)19-14/h3-11,16,18H,1-2H3,(H,19,20). The molecule has 0 aliphatic carbocycles. The minimum atomic E-state index is -0.417. The molecule has 2 atom stereocenters. The number of H-pyrrole nitrogens is 1. The number of benzene rings is 2. The summed E-state index contributed by atoms with van der Waals surface area (Å²) in [6.45, 7) is 2.19. The summed E-state index contributed by atoms with van der Waals surface area (Å²) in [4.78, 5) is 13.9. The van der Waals surface area contributed by atoms with Crippen molar-refractivity contribution in [1.29, 1.82) is 0 Å². The molecule has 4 nitrogen and oxygen atoms in total. The van der Waals surface area contributed by atoms with Gasteiger partial charge in [0, 0.05) is 12.0 Å². The maximum atomic E-state index is 11.3. The van der Waals surface area contributed by atoms with Crippen molar-refractivity contribution in [3.05, 3.63) is 70.2 Å². The highest BCUT2D eigenvalue weighted by Gasteiger charge is 2.20. The van der Waals surface area contributed by atoms with E-state index >= 15 is 0 Å². The Bertz CT molecular complexity index is 789. The number of aromatic amines is 1. The fourth-order valence-electron chi connectivity index (χ4n) is 2.81. The van der Waals surface area contributed by atoms with Gasteiger partial charge in [0.25, 0.3) is 0 Å². The predicted molar refractivity (Wildman–Crippen MR) is 83.5 cm³/mol. The van der Waals surface area contributed by atoms with Crippen molar-refractivity contribution in [2.24, 2.45) is 0 Å². The quantitative estimate of drug-likeness (QED) is 0.772. The Hall–Kier alpha value is -2.33. The van der Waals surface area contributed by atoms with Gasteiger partial charge in [-0.2, -0.15) is 0 Å². The van der Waals surface area contributed by atoms with Crippen LogP contribution in [0.1, 0.15) is 30.0 Å². The number of rotatable bonds is 4. The average Bonchev–Trinajstić information content (AvgIpc) is 2.88. The van der Waals surface area contributed by atoms with E-state index < -0.39 is 5.76 Å². The topological polar surface area (TPSA) is 58.0 Å². The van der Waals surface area contributed by atoms with Crippen molar-refractivity contribution in [2.75, 3.05) is 7.05 Å². The molecule has 2 unspecified atom stereocenters. The summed E-state index contributed by atoms with van der Waals surface area (Å²) >= 11 is 0. The fraction of sp³-hybridized carbons (Fsp3) is 0.235. The fourth-order valence-corrected chi connectivity index (χ4v) is 2.81. The monoisotopic (exact) mass is 282 g/mol. The van der Waals surface area contributed by atoms with Crippen LogP contribution < -0.4 is 11.1 Å². The molecule has 0 saturated carbocycles. The van der Waals surface area contributed by atoms with Gasteiger partial charge in [-0.25, -0.2) is 4.79 Å². The van der Waals surface area contributed by atoms with E-state index in [4.69, 9.17) is 4.42 Å². The lowest BCUT2D eigenvalue weighted by Crippen LogP contribution is -2.22. The summed E-state index contributed by atoms with van der Waals surface area (Å²) in [5, 5.41) is 3.36. The highest BCUT2D eigenvalue weighted by Crippen LogP contribution is 2.31. The van der Waals surface area contributed by atoms with E-state index in [1.54, 1.807) is 0 Å². The molecule has 0 fully saturated rings. The second kappa shape index (κ2) is 5.58. The van der Waals surface area contributed by atoms with Gasteiger partial charge in [0.15, 0.2) is 5.58 Å². The van der Waals surface area contributed by atoms with E-state index in [1.807, 2.05) is 43.4 Å². The molecular formula is C17H18N2O2. The number of nitrogens with one attached hydrogen (secondary N) is 2. The summed E-state index contributed by atoms with van der Waals surface area (Å²) in [7, 11) is 1.95. The van der Waals surface area contributed by atoms with Crippen LogP contribution in [0.15, 0.2) is 57.7 Å². The molecule has 0 aliphatic rings. The van der Waals surface area contributed by atoms with Gasteiger partial charge in [-0.1, -0.05) is 43.3 Å². The Morgan fingerprint density at radius 2 is 1.86 bits per heavy atom. The van der Waals surface area contributed by atoms with Gasteiger partial charge in [-0.3, -0.25) is 4.98 Å². The zero-order chi connectivity index (χ0) is 14.8. The van der Waals surface area contributed by atoms with Crippen molar-refractivity contribution < 1.29 is 4.42 Å². The van der Waals surface area contributed by atoms with Crippen molar-refractivity contribution in [1.82, 2.24) is 10.3 Å². The van der Waals surface area contributed by atoms with Gasteiger partial charge < -0.3 is 9.73 Å². The van der Waals surface area contributed by atoms with E-state index in [0.29, 0.717) is 11.5 Å². The van der Waals surface area contributed by atoms with Crippen LogP contribution in [0, 0.1) is 0 Å². The summed E-state index contributed by atoms with van der Waals surface area (Å²) in [6, 6.07) is 16.4. The minimum Gasteiger partial charge on any atom is -0.408 e. The molecule has 3 aromatic rings. The van der Waals surface area contributed by atoms with Crippen LogP contribution >= 0.6 is 0 Å². The Balaban J connectivity index is 1.99. The molecule has 108 valence electrons. The van der Waals surface area contributed by atoms with Crippen LogP contribution in [0.2, 0.25) is 0 Å². The molecule has 1 aromatic heterocycles. The van der Waals surface area contributed by atoms with E-state index in [2.05, 4.69) is 29.4 Å². The second-order valence-electron chi connectivity index (χ2n) is 5.24. The minimum absolute atomic E-state index is 0.150. The molecule has 0 aliphatic heterocycles. The first kappa shape index (κ1) is 13.6. The second-order valence-corrected chi connectivity index (χ2v) is 5.24. The Kier molecular flexibility index (Phi) is 3.62. The third-order valence-corrected chi connectivity index (χ3v) is 3.94. The molecule has 3 rings (SSSR count). The number of aromatic nitrogens is 1. The molecule has 21 heavy (non-hydrogen) atoms. The van der Waals surface area contributed by atoms with E-state index in [9.17, 15) is 4.79 Å².